The van der Waals surface area contributed by atoms with Crippen molar-refractivity contribution < 1.29 is 14.3 Å². The zero-order valence-corrected chi connectivity index (χ0v) is 16.9. The monoisotopic (exact) mass is 475 g/mol. The highest BCUT2D eigenvalue weighted by molar-refractivity contribution is 9.10. The number of benzene rings is 2. The van der Waals surface area contributed by atoms with Crippen LogP contribution in [0.15, 0.2) is 46.9 Å². The Balaban J connectivity index is 1.77. The standard InChI is InChI=1S/C16H12BrCl2N3O3S/c17-11-7-9(18)5-6-13(11)25-8-14(23)21-22-16(26)20-15(24)10-3-1-2-4-12(10)19/h1-7H,8H2,(H,21,23)(H2,20,22,24,26). The summed E-state index contributed by atoms with van der Waals surface area (Å²) in [7, 11) is 0. The molecule has 136 valence electrons. The molecule has 3 N–H and O–H groups in total. The van der Waals surface area contributed by atoms with Crippen molar-refractivity contribution in [2.45, 2.75) is 0 Å². The molecular formula is C16H12BrCl2N3O3S. The van der Waals surface area contributed by atoms with Crippen LogP contribution in [-0.2, 0) is 4.79 Å². The molecule has 6 nitrogen and oxygen atoms in total. The van der Waals surface area contributed by atoms with Gasteiger partial charge in [0, 0.05) is 5.02 Å². The maximum absolute atomic E-state index is 12.0. The molecule has 0 unspecified atom stereocenters. The number of nitrogens with one attached hydrogen (secondary N) is 3. The number of hydrogen-bond acceptors (Lipinski definition) is 4. The Labute approximate surface area is 173 Å². The lowest BCUT2D eigenvalue weighted by molar-refractivity contribution is -0.123. The van der Waals surface area contributed by atoms with Crippen LogP contribution < -0.4 is 20.9 Å². The smallest absolute Gasteiger partial charge is 0.276 e. The van der Waals surface area contributed by atoms with E-state index in [1.807, 2.05) is 0 Å². The summed E-state index contributed by atoms with van der Waals surface area (Å²) in [6.07, 6.45) is 0. The first-order valence-corrected chi connectivity index (χ1v) is 9.05. The van der Waals surface area contributed by atoms with E-state index in [2.05, 4.69) is 32.1 Å². The van der Waals surface area contributed by atoms with E-state index in [1.165, 1.54) is 0 Å². The van der Waals surface area contributed by atoms with Crippen molar-refractivity contribution in [2.75, 3.05) is 6.61 Å². The molecule has 0 heterocycles. The number of hydrazine groups is 1. The minimum Gasteiger partial charge on any atom is -0.483 e. The first kappa shape index (κ1) is 20.4. The first-order valence-electron chi connectivity index (χ1n) is 7.09. The summed E-state index contributed by atoms with van der Waals surface area (Å²) in [5, 5.41) is 3.14. The van der Waals surface area contributed by atoms with E-state index < -0.39 is 11.8 Å². The second kappa shape index (κ2) is 9.72. The summed E-state index contributed by atoms with van der Waals surface area (Å²) in [4.78, 5) is 23.8. The highest BCUT2D eigenvalue weighted by atomic mass is 79.9. The lowest BCUT2D eigenvalue weighted by atomic mass is 10.2. The second-order valence-electron chi connectivity index (χ2n) is 4.80. The predicted octanol–water partition coefficient (Wildman–Crippen LogP) is 3.47. The Kier molecular flexibility index (Phi) is 7.65. The largest absolute Gasteiger partial charge is 0.483 e. The van der Waals surface area contributed by atoms with Gasteiger partial charge in [-0.15, -0.1) is 0 Å². The maximum Gasteiger partial charge on any atom is 0.276 e. The highest BCUT2D eigenvalue weighted by Gasteiger charge is 2.12. The summed E-state index contributed by atoms with van der Waals surface area (Å²) in [6, 6.07) is 11.4. The molecule has 0 bridgehead atoms. The van der Waals surface area contributed by atoms with Crippen LogP contribution in [0.3, 0.4) is 0 Å². The normalized spacial score (nSPS) is 9.96. The average Bonchev–Trinajstić information content (AvgIpc) is 2.59. The number of carbonyl (C=O) groups is 2. The quantitative estimate of drug-likeness (QED) is 0.465. The molecule has 26 heavy (non-hydrogen) atoms. The van der Waals surface area contributed by atoms with Crippen molar-refractivity contribution in [3.63, 3.8) is 0 Å². The van der Waals surface area contributed by atoms with Crippen LogP contribution in [-0.4, -0.2) is 23.5 Å². The summed E-state index contributed by atoms with van der Waals surface area (Å²) in [5.41, 5.74) is 4.98. The molecule has 0 aliphatic heterocycles. The van der Waals surface area contributed by atoms with Crippen LogP contribution in [0.4, 0.5) is 0 Å². The lowest BCUT2D eigenvalue weighted by Gasteiger charge is -2.12. The van der Waals surface area contributed by atoms with Crippen LogP contribution >= 0.6 is 51.3 Å². The summed E-state index contributed by atoms with van der Waals surface area (Å²) >= 11 is 20.0. The van der Waals surface area contributed by atoms with Crippen LogP contribution in [0.1, 0.15) is 10.4 Å². The second-order valence-corrected chi connectivity index (χ2v) is 6.91. The molecule has 2 aromatic rings. The van der Waals surface area contributed by atoms with Gasteiger partial charge in [0.15, 0.2) is 11.7 Å². The van der Waals surface area contributed by atoms with Crippen LogP contribution in [0.25, 0.3) is 0 Å². The third-order valence-corrected chi connectivity index (χ3v) is 4.30. The molecule has 0 atom stereocenters. The molecule has 0 aliphatic carbocycles. The fraction of sp³-hybridized carbons (Fsp3) is 0.0625. The van der Waals surface area contributed by atoms with E-state index >= 15 is 0 Å². The van der Waals surface area contributed by atoms with Gasteiger partial charge in [0.1, 0.15) is 5.75 Å². The molecular weight excluding hydrogens is 465 g/mol. The fourth-order valence-electron chi connectivity index (χ4n) is 1.75. The van der Waals surface area contributed by atoms with Gasteiger partial charge < -0.3 is 4.74 Å². The average molecular weight is 477 g/mol. The number of carbonyl (C=O) groups excluding carboxylic acids is 2. The number of ether oxygens (including phenoxy) is 1. The summed E-state index contributed by atoms with van der Waals surface area (Å²) < 4.78 is 5.97. The van der Waals surface area contributed by atoms with Crippen molar-refractivity contribution in [1.29, 1.82) is 0 Å². The van der Waals surface area contributed by atoms with Crippen molar-refractivity contribution in [2.24, 2.45) is 0 Å². The lowest BCUT2D eigenvalue weighted by Crippen LogP contribution is -2.49. The minimum atomic E-state index is -0.499. The molecule has 10 heteroatoms. The molecule has 0 radical (unpaired) electrons. The Morgan fingerprint density at radius 3 is 2.54 bits per heavy atom. The molecule has 0 saturated heterocycles. The van der Waals surface area contributed by atoms with Gasteiger partial charge in [-0.2, -0.15) is 0 Å². The van der Waals surface area contributed by atoms with E-state index in [4.69, 9.17) is 40.2 Å². The van der Waals surface area contributed by atoms with E-state index in [1.54, 1.807) is 42.5 Å². The van der Waals surface area contributed by atoms with Crippen LogP contribution in [0.5, 0.6) is 5.75 Å². The van der Waals surface area contributed by atoms with Gasteiger partial charge >= 0.3 is 0 Å². The zero-order valence-electron chi connectivity index (χ0n) is 13.0. The SMILES string of the molecule is O=C(COc1ccc(Cl)cc1Br)NNC(=S)NC(=O)c1ccccc1Cl. The Hall–Kier alpha value is -1.87. The predicted molar refractivity (Wildman–Crippen MR) is 107 cm³/mol. The van der Waals surface area contributed by atoms with E-state index in [9.17, 15) is 9.59 Å². The Bertz CT molecular complexity index is 851. The number of hydrogen-bond donors (Lipinski definition) is 3. The van der Waals surface area contributed by atoms with Crippen molar-refractivity contribution in [3.8, 4) is 5.75 Å². The van der Waals surface area contributed by atoms with E-state index in [-0.39, 0.29) is 17.3 Å². The molecule has 2 rings (SSSR count). The van der Waals surface area contributed by atoms with Gasteiger partial charge in [0.25, 0.3) is 11.8 Å². The number of amides is 2. The molecule has 0 aliphatic rings. The Morgan fingerprint density at radius 1 is 1.12 bits per heavy atom. The van der Waals surface area contributed by atoms with Crippen molar-refractivity contribution >= 4 is 68.3 Å². The van der Waals surface area contributed by atoms with Gasteiger partial charge in [-0.1, -0.05) is 35.3 Å². The van der Waals surface area contributed by atoms with Crippen molar-refractivity contribution in [3.05, 3.63) is 62.5 Å². The highest BCUT2D eigenvalue weighted by Crippen LogP contribution is 2.27. The van der Waals surface area contributed by atoms with Gasteiger partial charge in [-0.25, -0.2) is 0 Å². The van der Waals surface area contributed by atoms with Crippen molar-refractivity contribution in [1.82, 2.24) is 16.2 Å². The third kappa shape index (κ3) is 6.14. The van der Waals surface area contributed by atoms with Crippen LogP contribution in [0.2, 0.25) is 10.0 Å². The van der Waals surface area contributed by atoms with Gasteiger partial charge in [-0.05, 0) is 58.5 Å². The van der Waals surface area contributed by atoms with E-state index in [0.717, 1.165) is 0 Å². The van der Waals surface area contributed by atoms with E-state index in [0.29, 0.717) is 20.3 Å². The fourth-order valence-corrected chi connectivity index (χ4v) is 2.91. The number of thiocarbonyl (C=S) groups is 1. The molecule has 0 spiro atoms. The molecule has 0 fully saturated rings. The van der Waals surface area contributed by atoms with Gasteiger partial charge in [-0.3, -0.25) is 25.8 Å². The van der Waals surface area contributed by atoms with Crippen LogP contribution in [0, 0.1) is 0 Å². The first-order chi connectivity index (χ1) is 12.4. The number of rotatable bonds is 4. The third-order valence-electron chi connectivity index (χ3n) is 2.91. The molecule has 0 saturated carbocycles. The zero-order chi connectivity index (χ0) is 19.1. The summed E-state index contributed by atoms with van der Waals surface area (Å²) in [5.74, 6) is -0.538. The topological polar surface area (TPSA) is 79.5 Å². The molecule has 2 aromatic carbocycles. The minimum absolute atomic E-state index is 0.0871. The summed E-state index contributed by atoms with van der Waals surface area (Å²) in [6.45, 7) is -0.270. The van der Waals surface area contributed by atoms with Gasteiger partial charge in [0.05, 0.1) is 15.1 Å². The van der Waals surface area contributed by atoms with Gasteiger partial charge in [0.2, 0.25) is 0 Å². The molecule has 0 aromatic heterocycles. The maximum atomic E-state index is 12.0. The molecule has 2 amide bonds. The Morgan fingerprint density at radius 2 is 1.85 bits per heavy atom. The number of halogens is 3.